The van der Waals surface area contributed by atoms with Crippen molar-refractivity contribution in [2.45, 2.75) is 27.2 Å². The van der Waals surface area contributed by atoms with Crippen molar-refractivity contribution in [1.82, 2.24) is 5.32 Å². The van der Waals surface area contributed by atoms with E-state index in [-0.39, 0.29) is 5.91 Å². The van der Waals surface area contributed by atoms with Gasteiger partial charge in [0.1, 0.15) is 12.4 Å². The highest BCUT2D eigenvalue weighted by Gasteiger charge is 2.17. The number of hydrogen-bond donors (Lipinski definition) is 1. The van der Waals surface area contributed by atoms with Crippen molar-refractivity contribution in [1.29, 1.82) is 0 Å². The molecule has 138 valence electrons. The van der Waals surface area contributed by atoms with Crippen molar-refractivity contribution < 1.29 is 19.0 Å². The minimum absolute atomic E-state index is 0.137. The fourth-order valence-electron chi connectivity index (χ4n) is 2.79. The molecule has 1 N–H and O–H groups in total. The highest BCUT2D eigenvalue weighted by Crippen LogP contribution is 2.32. The maximum Gasteiger partial charge on any atom is 0.251 e. The molecular weight excluding hydrogens is 330 g/mol. The molecule has 0 radical (unpaired) electrons. The molecule has 0 saturated heterocycles. The summed E-state index contributed by atoms with van der Waals surface area (Å²) in [5.74, 6) is 2.01. The maximum atomic E-state index is 12.5. The molecule has 1 aliphatic heterocycles. The highest BCUT2D eigenvalue weighted by atomic mass is 16.5. The van der Waals surface area contributed by atoms with Gasteiger partial charge >= 0.3 is 0 Å². The van der Waals surface area contributed by atoms with E-state index in [0.29, 0.717) is 43.4 Å². The zero-order chi connectivity index (χ0) is 18.5. The normalized spacial score (nSPS) is 13.0. The Labute approximate surface area is 154 Å². The first-order valence-corrected chi connectivity index (χ1v) is 8.93. The standard InChI is InChI=1S/C21H25NO4/c1-14-5-6-17(11-15(14)2)24-10-7-22-21(23)18-13-20-19(12-16(18)3)25-8-4-9-26-20/h5-6,11-13H,4,7-10H2,1-3H3,(H,22,23). The number of rotatable bonds is 5. The smallest absolute Gasteiger partial charge is 0.251 e. The second-order valence-corrected chi connectivity index (χ2v) is 6.51. The van der Waals surface area contributed by atoms with E-state index in [1.54, 1.807) is 6.07 Å². The average Bonchev–Trinajstić information content (AvgIpc) is 2.85. The molecule has 0 aromatic heterocycles. The summed E-state index contributed by atoms with van der Waals surface area (Å²) in [5, 5.41) is 2.90. The van der Waals surface area contributed by atoms with Gasteiger partial charge < -0.3 is 19.5 Å². The van der Waals surface area contributed by atoms with Crippen molar-refractivity contribution in [3.8, 4) is 17.2 Å². The lowest BCUT2D eigenvalue weighted by molar-refractivity contribution is 0.0946. The fourth-order valence-corrected chi connectivity index (χ4v) is 2.79. The van der Waals surface area contributed by atoms with Crippen LogP contribution < -0.4 is 19.5 Å². The number of carbonyl (C=O) groups excluding carboxylic acids is 1. The first-order chi connectivity index (χ1) is 12.5. The summed E-state index contributed by atoms with van der Waals surface area (Å²) in [6, 6.07) is 9.60. The van der Waals surface area contributed by atoms with E-state index in [2.05, 4.69) is 19.2 Å². The predicted octanol–water partition coefficient (Wildman–Crippen LogP) is 3.58. The van der Waals surface area contributed by atoms with Crippen LogP contribution in [-0.2, 0) is 0 Å². The maximum absolute atomic E-state index is 12.5. The Bertz CT molecular complexity index is 801. The molecule has 0 unspecified atom stereocenters. The number of hydrogen-bond acceptors (Lipinski definition) is 4. The topological polar surface area (TPSA) is 56.8 Å². The number of benzene rings is 2. The quantitative estimate of drug-likeness (QED) is 0.833. The van der Waals surface area contributed by atoms with Gasteiger partial charge in [0.25, 0.3) is 5.91 Å². The van der Waals surface area contributed by atoms with Crippen molar-refractivity contribution >= 4 is 5.91 Å². The number of amides is 1. The second-order valence-electron chi connectivity index (χ2n) is 6.51. The first-order valence-electron chi connectivity index (χ1n) is 8.93. The van der Waals surface area contributed by atoms with Crippen LogP contribution in [0.5, 0.6) is 17.2 Å². The summed E-state index contributed by atoms with van der Waals surface area (Å²) in [5.41, 5.74) is 3.88. The van der Waals surface area contributed by atoms with Crippen LogP contribution in [0.2, 0.25) is 0 Å². The Morgan fingerprint density at radius 2 is 1.73 bits per heavy atom. The van der Waals surface area contributed by atoms with Crippen LogP contribution in [-0.4, -0.2) is 32.3 Å². The molecule has 5 nitrogen and oxygen atoms in total. The molecule has 0 atom stereocenters. The lowest BCUT2D eigenvalue weighted by Gasteiger charge is -2.13. The van der Waals surface area contributed by atoms with E-state index in [4.69, 9.17) is 14.2 Å². The summed E-state index contributed by atoms with van der Waals surface area (Å²) < 4.78 is 17.0. The average molecular weight is 355 g/mol. The van der Waals surface area contributed by atoms with Crippen molar-refractivity contribution in [2.24, 2.45) is 0 Å². The summed E-state index contributed by atoms with van der Waals surface area (Å²) in [6.45, 7) is 8.09. The molecule has 5 heteroatoms. The van der Waals surface area contributed by atoms with Gasteiger partial charge in [0.05, 0.1) is 19.8 Å². The minimum Gasteiger partial charge on any atom is -0.492 e. The first kappa shape index (κ1) is 18.1. The number of ether oxygens (including phenoxy) is 3. The molecule has 26 heavy (non-hydrogen) atoms. The molecule has 0 spiro atoms. The Balaban J connectivity index is 1.56. The van der Waals surface area contributed by atoms with E-state index in [9.17, 15) is 4.79 Å². The van der Waals surface area contributed by atoms with Crippen LogP contribution in [0.1, 0.15) is 33.5 Å². The Kier molecular flexibility index (Phi) is 5.66. The number of aryl methyl sites for hydroxylation is 3. The van der Waals surface area contributed by atoms with Crippen LogP contribution in [0.3, 0.4) is 0 Å². The molecule has 2 aromatic rings. The van der Waals surface area contributed by atoms with Crippen molar-refractivity contribution in [3.05, 3.63) is 52.6 Å². The third-order valence-electron chi connectivity index (χ3n) is 4.47. The molecule has 1 aliphatic rings. The minimum atomic E-state index is -0.137. The van der Waals surface area contributed by atoms with Crippen LogP contribution in [0, 0.1) is 20.8 Å². The molecular formula is C21H25NO4. The van der Waals surface area contributed by atoms with E-state index >= 15 is 0 Å². The zero-order valence-corrected chi connectivity index (χ0v) is 15.6. The Morgan fingerprint density at radius 3 is 2.46 bits per heavy atom. The second kappa shape index (κ2) is 8.13. The monoisotopic (exact) mass is 355 g/mol. The van der Waals surface area contributed by atoms with Gasteiger partial charge in [-0.3, -0.25) is 4.79 Å². The molecule has 0 aliphatic carbocycles. The van der Waals surface area contributed by atoms with Gasteiger partial charge in [-0.1, -0.05) is 6.07 Å². The highest BCUT2D eigenvalue weighted by molar-refractivity contribution is 5.96. The predicted molar refractivity (Wildman–Crippen MR) is 101 cm³/mol. The van der Waals surface area contributed by atoms with Crippen LogP contribution in [0.15, 0.2) is 30.3 Å². The van der Waals surface area contributed by atoms with Gasteiger partial charge in [0.15, 0.2) is 11.5 Å². The van der Waals surface area contributed by atoms with Gasteiger partial charge in [-0.15, -0.1) is 0 Å². The molecule has 0 bridgehead atoms. The van der Waals surface area contributed by atoms with Gasteiger partial charge in [-0.2, -0.15) is 0 Å². The van der Waals surface area contributed by atoms with Gasteiger partial charge in [-0.25, -0.2) is 0 Å². The van der Waals surface area contributed by atoms with Crippen molar-refractivity contribution in [2.75, 3.05) is 26.4 Å². The molecule has 1 heterocycles. The lowest BCUT2D eigenvalue weighted by atomic mass is 10.1. The molecule has 2 aromatic carbocycles. The van der Waals surface area contributed by atoms with Gasteiger partial charge in [-0.05, 0) is 61.7 Å². The molecule has 1 amide bonds. The fraction of sp³-hybridized carbons (Fsp3) is 0.381. The third kappa shape index (κ3) is 4.28. The molecule has 3 rings (SSSR count). The van der Waals surface area contributed by atoms with E-state index in [1.165, 1.54) is 11.1 Å². The Hall–Kier alpha value is -2.69. The van der Waals surface area contributed by atoms with Crippen LogP contribution in [0.4, 0.5) is 0 Å². The summed E-state index contributed by atoms with van der Waals surface area (Å²) in [6.07, 6.45) is 0.838. The van der Waals surface area contributed by atoms with E-state index in [1.807, 2.05) is 31.2 Å². The summed E-state index contributed by atoms with van der Waals surface area (Å²) in [7, 11) is 0. The van der Waals surface area contributed by atoms with E-state index < -0.39 is 0 Å². The largest absolute Gasteiger partial charge is 0.492 e. The summed E-state index contributed by atoms with van der Waals surface area (Å²) in [4.78, 5) is 12.5. The SMILES string of the molecule is Cc1ccc(OCCNC(=O)c2cc3c(cc2C)OCCCO3)cc1C. The third-order valence-corrected chi connectivity index (χ3v) is 4.47. The summed E-state index contributed by atoms with van der Waals surface area (Å²) >= 11 is 0. The Morgan fingerprint density at radius 1 is 1.00 bits per heavy atom. The number of fused-ring (bicyclic) bond motifs is 1. The molecule has 0 fully saturated rings. The zero-order valence-electron chi connectivity index (χ0n) is 15.6. The number of nitrogens with one attached hydrogen (secondary N) is 1. The van der Waals surface area contributed by atoms with Gasteiger partial charge in [0, 0.05) is 12.0 Å². The van der Waals surface area contributed by atoms with Gasteiger partial charge in [0.2, 0.25) is 0 Å². The lowest BCUT2D eigenvalue weighted by Crippen LogP contribution is -2.28. The van der Waals surface area contributed by atoms with E-state index in [0.717, 1.165) is 17.7 Å². The van der Waals surface area contributed by atoms with Crippen LogP contribution in [0.25, 0.3) is 0 Å². The van der Waals surface area contributed by atoms with Crippen molar-refractivity contribution in [3.63, 3.8) is 0 Å². The number of carbonyl (C=O) groups is 1. The van der Waals surface area contributed by atoms with Crippen LogP contribution >= 0.6 is 0 Å². The molecule has 0 saturated carbocycles.